The highest BCUT2D eigenvalue weighted by molar-refractivity contribution is 5.67. The maximum atomic E-state index is 10.1. The first-order chi connectivity index (χ1) is 9.79. The molecule has 2 unspecified atom stereocenters. The normalized spacial score (nSPS) is 20.1. The van der Waals surface area contributed by atoms with Gasteiger partial charge in [-0.15, -0.1) is 5.10 Å². The van der Waals surface area contributed by atoms with Gasteiger partial charge >= 0.3 is 0 Å². The van der Waals surface area contributed by atoms with Gasteiger partial charge in [0, 0.05) is 12.2 Å². The first-order valence-electron chi connectivity index (χ1n) is 7.36. The molecule has 1 aliphatic heterocycles. The monoisotopic (exact) mass is 271 g/mol. The van der Waals surface area contributed by atoms with Crippen LogP contribution in [0.25, 0.3) is 11.1 Å². The molecule has 0 spiro atoms. The van der Waals surface area contributed by atoms with E-state index in [1.165, 1.54) is 12.8 Å². The van der Waals surface area contributed by atoms with Crippen LogP contribution in [0.1, 0.15) is 32.2 Å². The number of aromatic hydroxyl groups is 1. The molecule has 1 saturated heterocycles. The quantitative estimate of drug-likeness (QED) is 0.899. The van der Waals surface area contributed by atoms with E-state index >= 15 is 0 Å². The Morgan fingerprint density at radius 3 is 2.85 bits per heavy atom. The molecule has 3 rings (SSSR count). The molecule has 20 heavy (non-hydrogen) atoms. The summed E-state index contributed by atoms with van der Waals surface area (Å²) in [7, 11) is 0. The van der Waals surface area contributed by atoms with Crippen LogP contribution in [0.4, 0.5) is 0 Å². The molecule has 2 heterocycles. The molecule has 4 nitrogen and oxygen atoms in total. The molecule has 0 saturated carbocycles. The van der Waals surface area contributed by atoms with Gasteiger partial charge in [0.1, 0.15) is 0 Å². The summed E-state index contributed by atoms with van der Waals surface area (Å²) in [5.41, 5.74) is 1.81. The van der Waals surface area contributed by atoms with Gasteiger partial charge in [-0.2, -0.15) is 0 Å². The highest BCUT2D eigenvalue weighted by Crippen LogP contribution is 2.31. The number of benzene rings is 1. The number of aromatic nitrogens is 2. The van der Waals surface area contributed by atoms with Gasteiger partial charge in [0.2, 0.25) is 5.88 Å². The maximum Gasteiger partial charge on any atom is 0.238 e. The number of hydrogen-bond donors (Lipinski definition) is 2. The van der Waals surface area contributed by atoms with Gasteiger partial charge in [0.05, 0.1) is 11.6 Å². The predicted molar refractivity (Wildman–Crippen MR) is 79.7 cm³/mol. The molecule has 1 fully saturated rings. The van der Waals surface area contributed by atoms with Crippen molar-refractivity contribution in [3.05, 3.63) is 36.5 Å². The summed E-state index contributed by atoms with van der Waals surface area (Å²) in [5, 5.41) is 18.0. The van der Waals surface area contributed by atoms with Gasteiger partial charge in [-0.1, -0.05) is 37.3 Å². The second kappa shape index (κ2) is 5.67. The second-order valence-electron chi connectivity index (χ2n) is 5.39. The Morgan fingerprint density at radius 1 is 1.40 bits per heavy atom. The molecule has 2 atom stereocenters. The molecule has 0 bridgehead atoms. The van der Waals surface area contributed by atoms with Crippen molar-refractivity contribution in [3.63, 3.8) is 0 Å². The fourth-order valence-corrected chi connectivity index (χ4v) is 3.07. The van der Waals surface area contributed by atoms with E-state index in [9.17, 15) is 5.11 Å². The van der Waals surface area contributed by atoms with E-state index in [1.807, 2.05) is 41.2 Å². The minimum atomic E-state index is 0.118. The molecule has 1 aromatic heterocycles. The topological polar surface area (TPSA) is 50.1 Å². The number of rotatable bonds is 4. The van der Waals surface area contributed by atoms with Crippen molar-refractivity contribution >= 4 is 0 Å². The summed E-state index contributed by atoms with van der Waals surface area (Å²) in [6, 6.07) is 10.7. The fourth-order valence-electron chi connectivity index (χ4n) is 3.07. The molecular formula is C16H21N3O. The van der Waals surface area contributed by atoms with E-state index < -0.39 is 0 Å². The molecular weight excluding hydrogens is 250 g/mol. The van der Waals surface area contributed by atoms with E-state index in [1.54, 1.807) is 0 Å². The van der Waals surface area contributed by atoms with Gasteiger partial charge in [0.25, 0.3) is 0 Å². The van der Waals surface area contributed by atoms with Crippen molar-refractivity contribution in [2.45, 2.75) is 38.3 Å². The zero-order chi connectivity index (χ0) is 13.9. The molecule has 106 valence electrons. The van der Waals surface area contributed by atoms with Crippen LogP contribution in [0.2, 0.25) is 0 Å². The maximum absolute atomic E-state index is 10.1. The molecule has 2 N–H and O–H groups in total. The molecule has 0 amide bonds. The molecule has 1 aliphatic rings. The van der Waals surface area contributed by atoms with Crippen molar-refractivity contribution in [2.24, 2.45) is 0 Å². The SMILES string of the molecule is CCC(C1CCCN1)n1cc(-c2ccccc2)c(O)n1. The minimum Gasteiger partial charge on any atom is -0.492 e. The van der Waals surface area contributed by atoms with Crippen LogP contribution in [0.5, 0.6) is 5.88 Å². The standard InChI is InChI=1S/C16H21N3O/c1-2-15(14-9-6-10-17-14)19-11-13(16(20)18-19)12-7-4-3-5-8-12/h3-5,7-8,11,14-15,17H,2,6,9-10H2,1H3,(H,18,20). The first-order valence-corrected chi connectivity index (χ1v) is 7.36. The van der Waals surface area contributed by atoms with Crippen LogP contribution >= 0.6 is 0 Å². The lowest BCUT2D eigenvalue weighted by atomic mass is 10.0. The molecule has 4 heteroatoms. The van der Waals surface area contributed by atoms with Crippen molar-refractivity contribution in [2.75, 3.05) is 6.54 Å². The minimum absolute atomic E-state index is 0.118. The third-order valence-electron chi connectivity index (χ3n) is 4.12. The third-order valence-corrected chi connectivity index (χ3v) is 4.12. The van der Waals surface area contributed by atoms with E-state index in [2.05, 4.69) is 17.3 Å². The first kappa shape index (κ1) is 13.2. The highest BCUT2D eigenvalue weighted by atomic mass is 16.3. The Kier molecular flexibility index (Phi) is 3.74. The van der Waals surface area contributed by atoms with E-state index in [4.69, 9.17) is 0 Å². The van der Waals surface area contributed by atoms with Crippen molar-refractivity contribution in [3.8, 4) is 17.0 Å². The largest absolute Gasteiger partial charge is 0.492 e. The van der Waals surface area contributed by atoms with Crippen LogP contribution < -0.4 is 5.32 Å². The summed E-state index contributed by atoms with van der Waals surface area (Å²) in [6.45, 7) is 3.26. The average Bonchev–Trinajstić information content (AvgIpc) is 3.11. The van der Waals surface area contributed by atoms with Crippen molar-refractivity contribution < 1.29 is 5.11 Å². The third kappa shape index (κ3) is 2.43. The lowest BCUT2D eigenvalue weighted by Crippen LogP contribution is -2.32. The van der Waals surface area contributed by atoms with Crippen LogP contribution in [0.3, 0.4) is 0 Å². The Labute approximate surface area is 119 Å². The van der Waals surface area contributed by atoms with Gasteiger partial charge < -0.3 is 10.4 Å². The molecule has 1 aromatic carbocycles. The van der Waals surface area contributed by atoms with Crippen LogP contribution in [0.15, 0.2) is 36.5 Å². The number of nitrogens with zero attached hydrogens (tertiary/aromatic N) is 2. The number of hydrogen-bond acceptors (Lipinski definition) is 3. The molecule has 0 radical (unpaired) electrons. The van der Waals surface area contributed by atoms with E-state index in [0.29, 0.717) is 12.1 Å². The Hall–Kier alpha value is -1.81. The molecule has 2 aromatic rings. The number of nitrogens with one attached hydrogen (secondary N) is 1. The van der Waals surface area contributed by atoms with Crippen LogP contribution in [0, 0.1) is 0 Å². The smallest absolute Gasteiger partial charge is 0.238 e. The lowest BCUT2D eigenvalue weighted by molar-refractivity contribution is 0.332. The van der Waals surface area contributed by atoms with E-state index in [0.717, 1.165) is 24.1 Å². The molecule has 0 aliphatic carbocycles. The predicted octanol–water partition coefficient (Wildman–Crippen LogP) is 2.96. The zero-order valence-corrected chi connectivity index (χ0v) is 11.8. The zero-order valence-electron chi connectivity index (χ0n) is 11.8. The Balaban J connectivity index is 1.91. The van der Waals surface area contributed by atoms with E-state index in [-0.39, 0.29) is 5.88 Å². The summed E-state index contributed by atoms with van der Waals surface area (Å²) in [5.74, 6) is 0.118. The van der Waals surface area contributed by atoms with Gasteiger partial charge in [0.15, 0.2) is 0 Å². The Bertz CT molecular complexity index is 558. The second-order valence-corrected chi connectivity index (χ2v) is 5.39. The van der Waals surface area contributed by atoms with Gasteiger partial charge in [-0.05, 0) is 31.4 Å². The summed E-state index contributed by atoms with van der Waals surface area (Å²) >= 11 is 0. The summed E-state index contributed by atoms with van der Waals surface area (Å²) < 4.78 is 1.93. The lowest BCUT2D eigenvalue weighted by Gasteiger charge is -2.22. The Morgan fingerprint density at radius 2 is 2.20 bits per heavy atom. The van der Waals surface area contributed by atoms with Crippen molar-refractivity contribution in [1.82, 2.24) is 15.1 Å². The fraction of sp³-hybridized carbons (Fsp3) is 0.438. The van der Waals surface area contributed by atoms with Crippen LogP contribution in [-0.4, -0.2) is 27.5 Å². The average molecular weight is 271 g/mol. The highest BCUT2D eigenvalue weighted by Gasteiger charge is 2.26. The summed E-state index contributed by atoms with van der Waals surface area (Å²) in [4.78, 5) is 0. The van der Waals surface area contributed by atoms with Crippen LogP contribution in [-0.2, 0) is 0 Å². The summed E-state index contributed by atoms with van der Waals surface area (Å²) in [6.07, 6.45) is 5.38. The van der Waals surface area contributed by atoms with Gasteiger partial charge in [-0.25, -0.2) is 0 Å². The van der Waals surface area contributed by atoms with Gasteiger partial charge in [-0.3, -0.25) is 4.68 Å². The van der Waals surface area contributed by atoms with Crippen molar-refractivity contribution in [1.29, 1.82) is 0 Å².